The van der Waals surface area contributed by atoms with Crippen LogP contribution in [0.25, 0.3) is 0 Å². The maximum atomic E-state index is 12.1. The third kappa shape index (κ3) is 4.09. The topological polar surface area (TPSA) is 73.9 Å². The molecule has 6 heteroatoms. The normalized spacial score (nSPS) is 13.2. The van der Waals surface area contributed by atoms with Crippen molar-refractivity contribution in [2.24, 2.45) is 0 Å². The number of carbonyl (C=O) groups excluding carboxylic acids is 2. The van der Waals surface area contributed by atoms with Crippen molar-refractivity contribution in [2.45, 2.75) is 19.9 Å². The molecule has 2 aromatic carbocycles. The van der Waals surface area contributed by atoms with Crippen molar-refractivity contribution < 1.29 is 23.8 Å². The fourth-order valence-corrected chi connectivity index (χ4v) is 2.48. The van der Waals surface area contributed by atoms with Crippen LogP contribution in [0.1, 0.15) is 35.8 Å². The Bertz CT molecular complexity index is 785. The smallest absolute Gasteiger partial charge is 0.258 e. The number of Topliss-reactive ketones (excluding diaryl/α,β-unsaturated/α-hetero) is 1. The first-order chi connectivity index (χ1) is 12.0. The van der Waals surface area contributed by atoms with E-state index in [0.717, 1.165) is 5.56 Å². The van der Waals surface area contributed by atoms with Gasteiger partial charge in [0.05, 0.1) is 6.04 Å². The van der Waals surface area contributed by atoms with E-state index in [-0.39, 0.29) is 31.1 Å². The molecule has 1 aliphatic rings. The molecule has 0 radical (unpaired) electrons. The first-order valence-corrected chi connectivity index (χ1v) is 7.95. The summed E-state index contributed by atoms with van der Waals surface area (Å²) in [5, 5.41) is 2.87. The van der Waals surface area contributed by atoms with Gasteiger partial charge in [0, 0.05) is 5.56 Å². The van der Waals surface area contributed by atoms with Crippen LogP contribution < -0.4 is 19.5 Å². The van der Waals surface area contributed by atoms with E-state index >= 15 is 0 Å². The van der Waals surface area contributed by atoms with E-state index in [4.69, 9.17) is 14.2 Å². The van der Waals surface area contributed by atoms with Crippen LogP contribution in [0.15, 0.2) is 42.5 Å². The maximum absolute atomic E-state index is 12.1. The Labute approximate surface area is 145 Å². The summed E-state index contributed by atoms with van der Waals surface area (Å²) in [7, 11) is 0. The summed E-state index contributed by atoms with van der Waals surface area (Å²) in [5.74, 6) is 1.68. The summed E-state index contributed by atoms with van der Waals surface area (Å²) in [6, 6.07) is 12.1. The fourth-order valence-electron chi connectivity index (χ4n) is 2.48. The van der Waals surface area contributed by atoms with Gasteiger partial charge >= 0.3 is 0 Å². The van der Waals surface area contributed by atoms with Crippen LogP contribution in [0.3, 0.4) is 0 Å². The highest BCUT2D eigenvalue weighted by Crippen LogP contribution is 2.34. The lowest BCUT2D eigenvalue weighted by Gasteiger charge is -2.15. The second kappa shape index (κ2) is 7.25. The van der Waals surface area contributed by atoms with Gasteiger partial charge in [0.15, 0.2) is 23.9 Å². The minimum atomic E-state index is -0.235. The number of hydrogen-bond acceptors (Lipinski definition) is 5. The van der Waals surface area contributed by atoms with E-state index in [1.165, 1.54) is 6.92 Å². The predicted molar refractivity (Wildman–Crippen MR) is 91.1 cm³/mol. The third-order valence-corrected chi connectivity index (χ3v) is 3.90. The Morgan fingerprint density at radius 2 is 1.84 bits per heavy atom. The van der Waals surface area contributed by atoms with Crippen molar-refractivity contribution in [2.75, 3.05) is 13.4 Å². The Kier molecular flexibility index (Phi) is 4.88. The van der Waals surface area contributed by atoms with Crippen LogP contribution in [0.5, 0.6) is 17.2 Å². The van der Waals surface area contributed by atoms with Gasteiger partial charge in [-0.1, -0.05) is 6.07 Å². The molecule has 1 unspecified atom stereocenters. The van der Waals surface area contributed by atoms with E-state index in [1.54, 1.807) is 24.3 Å². The zero-order valence-electron chi connectivity index (χ0n) is 14.1. The number of hydrogen-bond donors (Lipinski definition) is 1. The molecule has 1 aliphatic heterocycles. The molecule has 6 nitrogen and oxygen atoms in total. The molecule has 1 N–H and O–H groups in total. The lowest BCUT2D eigenvalue weighted by molar-refractivity contribution is -0.123. The molecule has 0 spiro atoms. The van der Waals surface area contributed by atoms with Gasteiger partial charge in [-0.25, -0.2) is 0 Å². The first-order valence-electron chi connectivity index (χ1n) is 7.95. The Morgan fingerprint density at radius 1 is 1.12 bits per heavy atom. The lowest BCUT2D eigenvalue weighted by atomic mass is 10.1. The number of fused-ring (bicyclic) bond motifs is 1. The molecule has 0 aliphatic carbocycles. The number of carbonyl (C=O) groups is 2. The Hall–Kier alpha value is -3.02. The molecule has 1 heterocycles. The average Bonchev–Trinajstić information content (AvgIpc) is 3.08. The van der Waals surface area contributed by atoms with Gasteiger partial charge in [0.2, 0.25) is 6.79 Å². The minimum Gasteiger partial charge on any atom is -0.484 e. The maximum Gasteiger partial charge on any atom is 0.258 e. The number of benzene rings is 2. The van der Waals surface area contributed by atoms with Gasteiger partial charge in [-0.05, 0) is 55.8 Å². The number of rotatable bonds is 6. The van der Waals surface area contributed by atoms with Gasteiger partial charge in [0.1, 0.15) is 5.75 Å². The Balaban J connectivity index is 1.52. The molecule has 1 amide bonds. The molecular weight excluding hydrogens is 322 g/mol. The van der Waals surface area contributed by atoms with Crippen molar-refractivity contribution in [3.63, 3.8) is 0 Å². The predicted octanol–water partition coefficient (Wildman–Crippen LogP) is 2.87. The van der Waals surface area contributed by atoms with E-state index in [1.807, 2.05) is 25.1 Å². The van der Waals surface area contributed by atoms with Crippen molar-refractivity contribution in [1.82, 2.24) is 5.32 Å². The fraction of sp³-hybridized carbons (Fsp3) is 0.263. The van der Waals surface area contributed by atoms with Gasteiger partial charge in [0.25, 0.3) is 5.91 Å². The Morgan fingerprint density at radius 3 is 2.56 bits per heavy atom. The van der Waals surface area contributed by atoms with E-state index in [9.17, 15) is 9.59 Å². The summed E-state index contributed by atoms with van der Waals surface area (Å²) >= 11 is 0. The molecule has 0 saturated heterocycles. The van der Waals surface area contributed by atoms with E-state index in [0.29, 0.717) is 22.8 Å². The van der Waals surface area contributed by atoms with Crippen LogP contribution in [0.4, 0.5) is 0 Å². The SMILES string of the molecule is CC(=O)c1ccc(OCC(=O)NC(C)c2ccc3c(c2)OCO3)cc1. The van der Waals surface area contributed by atoms with E-state index < -0.39 is 0 Å². The van der Waals surface area contributed by atoms with Crippen molar-refractivity contribution in [3.8, 4) is 17.2 Å². The summed E-state index contributed by atoms with van der Waals surface area (Å²) in [4.78, 5) is 23.3. The second-order valence-electron chi connectivity index (χ2n) is 5.77. The lowest BCUT2D eigenvalue weighted by Crippen LogP contribution is -2.31. The molecule has 2 aromatic rings. The molecule has 1 atom stereocenters. The van der Waals surface area contributed by atoms with Gasteiger partial charge in [-0.15, -0.1) is 0 Å². The standard InChI is InChI=1S/C19H19NO5/c1-12(15-5-8-17-18(9-15)25-11-24-17)20-19(22)10-23-16-6-3-14(4-7-16)13(2)21/h3-9,12H,10-11H2,1-2H3,(H,20,22). The third-order valence-electron chi connectivity index (χ3n) is 3.90. The zero-order valence-corrected chi connectivity index (χ0v) is 14.1. The van der Waals surface area contributed by atoms with Crippen molar-refractivity contribution in [1.29, 1.82) is 0 Å². The summed E-state index contributed by atoms with van der Waals surface area (Å²) in [6.45, 7) is 3.50. The van der Waals surface area contributed by atoms with Gasteiger partial charge in [-0.2, -0.15) is 0 Å². The van der Waals surface area contributed by atoms with Crippen molar-refractivity contribution >= 4 is 11.7 Å². The highest BCUT2D eigenvalue weighted by Gasteiger charge is 2.17. The molecule has 130 valence electrons. The van der Waals surface area contributed by atoms with Crippen LogP contribution in [0, 0.1) is 0 Å². The quantitative estimate of drug-likeness (QED) is 0.818. The molecule has 0 saturated carbocycles. The molecular formula is C19H19NO5. The largest absolute Gasteiger partial charge is 0.484 e. The molecule has 25 heavy (non-hydrogen) atoms. The minimum absolute atomic E-state index is 0.0122. The number of amides is 1. The molecule has 0 fully saturated rings. The van der Waals surface area contributed by atoms with Gasteiger partial charge in [-0.3, -0.25) is 9.59 Å². The highest BCUT2D eigenvalue weighted by atomic mass is 16.7. The molecule has 0 aromatic heterocycles. The van der Waals surface area contributed by atoms with Gasteiger partial charge < -0.3 is 19.5 Å². The first kappa shape index (κ1) is 16.8. The average molecular weight is 341 g/mol. The number of ketones is 1. The van der Waals surface area contributed by atoms with Crippen LogP contribution in [-0.2, 0) is 4.79 Å². The van der Waals surface area contributed by atoms with Crippen LogP contribution in [-0.4, -0.2) is 25.1 Å². The monoisotopic (exact) mass is 341 g/mol. The highest BCUT2D eigenvalue weighted by molar-refractivity contribution is 5.94. The van der Waals surface area contributed by atoms with E-state index in [2.05, 4.69) is 5.32 Å². The number of nitrogens with one attached hydrogen (secondary N) is 1. The zero-order chi connectivity index (χ0) is 17.8. The van der Waals surface area contributed by atoms with Crippen LogP contribution in [0.2, 0.25) is 0 Å². The van der Waals surface area contributed by atoms with Crippen molar-refractivity contribution in [3.05, 3.63) is 53.6 Å². The summed E-state index contributed by atoms with van der Waals surface area (Å²) in [5.41, 5.74) is 1.52. The van der Waals surface area contributed by atoms with Crippen LogP contribution >= 0.6 is 0 Å². The summed E-state index contributed by atoms with van der Waals surface area (Å²) in [6.07, 6.45) is 0. The molecule has 0 bridgehead atoms. The number of ether oxygens (including phenoxy) is 3. The second-order valence-corrected chi connectivity index (χ2v) is 5.77. The molecule has 3 rings (SSSR count). The summed E-state index contributed by atoms with van der Waals surface area (Å²) < 4.78 is 16.1.